The number of sulfone groups is 1. The van der Waals surface area contributed by atoms with Crippen LogP contribution in [0.2, 0.25) is 0 Å². The fraction of sp³-hybridized carbons (Fsp3) is 0.0435. The van der Waals surface area contributed by atoms with E-state index in [0.29, 0.717) is 35.8 Å². The van der Waals surface area contributed by atoms with Crippen molar-refractivity contribution in [1.29, 1.82) is 0 Å². The number of aromatic amines is 1. The van der Waals surface area contributed by atoms with Crippen molar-refractivity contribution >= 4 is 71.1 Å². The summed E-state index contributed by atoms with van der Waals surface area (Å²) >= 11 is 8.09. The molecule has 12 heteroatoms. The summed E-state index contributed by atoms with van der Waals surface area (Å²) in [5, 5.41) is 16.7. The molecule has 1 aromatic heterocycles. The SMILES string of the molecule is O=C1Nc2ccc(S(=O)(=O)Cc3c(Br)cccc3Br)cc2SC1=Cc1ccc(-c2nn[nH]n2)cc1. The van der Waals surface area contributed by atoms with E-state index in [0.717, 1.165) is 11.1 Å². The number of hydrogen-bond donors (Lipinski definition) is 2. The summed E-state index contributed by atoms with van der Waals surface area (Å²) in [5.74, 6) is 0.0592. The van der Waals surface area contributed by atoms with E-state index < -0.39 is 9.84 Å². The molecule has 4 aromatic rings. The maximum Gasteiger partial charge on any atom is 0.262 e. The second-order valence-corrected chi connectivity index (χ2v) is 12.3. The quantitative estimate of drug-likeness (QED) is 0.281. The summed E-state index contributed by atoms with van der Waals surface area (Å²) in [7, 11) is -3.63. The van der Waals surface area contributed by atoms with Crippen LogP contribution in [0.15, 0.2) is 84.3 Å². The van der Waals surface area contributed by atoms with Gasteiger partial charge in [0.25, 0.3) is 5.91 Å². The summed E-state index contributed by atoms with van der Waals surface area (Å²) < 4.78 is 27.8. The zero-order valence-electron chi connectivity index (χ0n) is 17.7. The van der Waals surface area contributed by atoms with Crippen molar-refractivity contribution in [3.8, 4) is 11.4 Å². The Morgan fingerprint density at radius 3 is 2.43 bits per heavy atom. The van der Waals surface area contributed by atoms with Crippen LogP contribution in [-0.2, 0) is 20.4 Å². The number of thioether (sulfide) groups is 1. The molecule has 2 N–H and O–H groups in total. The molecule has 0 bridgehead atoms. The zero-order valence-corrected chi connectivity index (χ0v) is 22.5. The van der Waals surface area contributed by atoms with Crippen LogP contribution < -0.4 is 5.32 Å². The summed E-state index contributed by atoms with van der Waals surface area (Å²) in [6.07, 6.45) is 1.75. The Morgan fingerprint density at radius 2 is 1.74 bits per heavy atom. The van der Waals surface area contributed by atoms with Gasteiger partial charge in [0.1, 0.15) is 0 Å². The number of nitrogens with one attached hydrogen (secondary N) is 2. The smallest absolute Gasteiger partial charge is 0.262 e. The maximum atomic E-state index is 13.2. The van der Waals surface area contributed by atoms with E-state index in [2.05, 4.69) is 57.8 Å². The number of carbonyl (C=O) groups excluding carboxylic acids is 1. The van der Waals surface area contributed by atoms with Gasteiger partial charge < -0.3 is 5.32 Å². The fourth-order valence-electron chi connectivity index (χ4n) is 3.44. The molecular formula is C23H15Br2N5O3S2. The second-order valence-electron chi connectivity index (χ2n) is 7.54. The normalized spacial score (nSPS) is 14.6. The number of tetrazole rings is 1. The minimum Gasteiger partial charge on any atom is -0.320 e. The van der Waals surface area contributed by atoms with E-state index in [1.165, 1.54) is 17.8 Å². The molecule has 0 fully saturated rings. The lowest BCUT2D eigenvalue weighted by Crippen LogP contribution is -2.17. The Kier molecular flexibility index (Phi) is 6.62. The summed E-state index contributed by atoms with van der Waals surface area (Å²) in [6, 6.07) is 17.5. The Balaban J connectivity index is 1.41. The predicted octanol–water partition coefficient (Wildman–Crippen LogP) is 5.45. The Morgan fingerprint density at radius 1 is 1.00 bits per heavy atom. The van der Waals surface area contributed by atoms with Gasteiger partial charge in [-0.25, -0.2) is 8.42 Å². The highest BCUT2D eigenvalue weighted by Gasteiger charge is 2.25. The van der Waals surface area contributed by atoms with Crippen LogP contribution in [0, 0.1) is 0 Å². The summed E-state index contributed by atoms with van der Waals surface area (Å²) in [6.45, 7) is 0. The van der Waals surface area contributed by atoms with Crippen molar-refractivity contribution in [2.45, 2.75) is 15.5 Å². The number of H-pyrrole nitrogens is 1. The van der Waals surface area contributed by atoms with Crippen molar-refractivity contribution < 1.29 is 13.2 Å². The minimum absolute atomic E-state index is 0.166. The highest BCUT2D eigenvalue weighted by Crippen LogP contribution is 2.41. The average Bonchev–Trinajstić information content (AvgIpc) is 3.37. The van der Waals surface area contributed by atoms with Gasteiger partial charge in [-0.15, -0.1) is 10.2 Å². The number of anilines is 1. The van der Waals surface area contributed by atoms with Crippen molar-refractivity contribution in [1.82, 2.24) is 20.6 Å². The number of rotatable bonds is 5. The highest BCUT2D eigenvalue weighted by atomic mass is 79.9. The van der Waals surface area contributed by atoms with E-state index in [-0.39, 0.29) is 16.6 Å². The molecule has 0 saturated heterocycles. The molecular weight excluding hydrogens is 618 g/mol. The number of halogens is 2. The van der Waals surface area contributed by atoms with Crippen LogP contribution in [0.1, 0.15) is 11.1 Å². The average molecular weight is 633 g/mol. The predicted molar refractivity (Wildman–Crippen MR) is 141 cm³/mol. The van der Waals surface area contributed by atoms with Gasteiger partial charge in [0, 0.05) is 19.4 Å². The van der Waals surface area contributed by atoms with Gasteiger partial charge in [0.2, 0.25) is 5.82 Å². The van der Waals surface area contributed by atoms with Gasteiger partial charge in [0.05, 0.1) is 21.2 Å². The van der Waals surface area contributed by atoms with E-state index >= 15 is 0 Å². The molecule has 0 unspecified atom stereocenters. The monoisotopic (exact) mass is 631 g/mol. The van der Waals surface area contributed by atoms with Crippen LogP contribution in [0.3, 0.4) is 0 Å². The molecule has 1 aliphatic heterocycles. The number of hydrogen-bond acceptors (Lipinski definition) is 7. The van der Waals surface area contributed by atoms with Gasteiger partial charge >= 0.3 is 0 Å². The molecule has 8 nitrogen and oxygen atoms in total. The molecule has 0 radical (unpaired) electrons. The van der Waals surface area contributed by atoms with Crippen LogP contribution in [0.4, 0.5) is 5.69 Å². The lowest BCUT2D eigenvalue weighted by atomic mass is 10.1. The number of nitrogens with zero attached hydrogens (tertiary/aromatic N) is 3. The summed E-state index contributed by atoms with van der Waals surface area (Å²) in [5.41, 5.74) is 2.82. The molecule has 0 aliphatic carbocycles. The molecule has 5 rings (SSSR count). The molecule has 0 atom stereocenters. The Hall–Kier alpha value is -2.80. The van der Waals surface area contributed by atoms with E-state index in [1.807, 2.05) is 30.3 Å². The Labute approximate surface area is 221 Å². The minimum atomic E-state index is -3.63. The van der Waals surface area contributed by atoms with Gasteiger partial charge in [-0.1, -0.05) is 74.0 Å². The molecule has 2 heterocycles. The number of amides is 1. The standard InChI is InChI=1S/C23H15Br2N5O3S2/c24-17-2-1-3-18(25)16(17)12-35(32,33)15-8-9-19-20(11-15)34-21(23(31)26-19)10-13-4-6-14(7-5-13)22-27-29-30-28-22/h1-11H,12H2,(H,26,31)(H,27,28,29,30). The summed E-state index contributed by atoms with van der Waals surface area (Å²) in [4.78, 5) is 13.9. The first-order valence-corrected chi connectivity index (χ1v) is 14.2. The van der Waals surface area contributed by atoms with Gasteiger partial charge in [-0.3, -0.25) is 4.79 Å². The van der Waals surface area contributed by atoms with E-state index in [4.69, 9.17) is 0 Å². The molecule has 0 spiro atoms. The molecule has 35 heavy (non-hydrogen) atoms. The van der Waals surface area contributed by atoms with Crippen molar-refractivity contribution in [2.75, 3.05) is 5.32 Å². The van der Waals surface area contributed by atoms with E-state index in [1.54, 1.807) is 30.3 Å². The molecule has 1 amide bonds. The van der Waals surface area contributed by atoms with Gasteiger partial charge in [-0.2, -0.15) is 5.21 Å². The Bertz CT molecular complexity index is 1550. The van der Waals surface area contributed by atoms with Crippen LogP contribution in [-0.4, -0.2) is 34.9 Å². The first-order chi connectivity index (χ1) is 16.8. The van der Waals surface area contributed by atoms with Crippen molar-refractivity contribution in [3.63, 3.8) is 0 Å². The first-order valence-electron chi connectivity index (χ1n) is 10.1. The molecule has 176 valence electrons. The third-order valence-electron chi connectivity index (χ3n) is 5.21. The lowest BCUT2D eigenvalue weighted by Gasteiger charge is -2.19. The second kappa shape index (κ2) is 9.69. The van der Waals surface area contributed by atoms with Crippen LogP contribution in [0.25, 0.3) is 17.5 Å². The van der Waals surface area contributed by atoms with Crippen LogP contribution in [0.5, 0.6) is 0 Å². The number of benzene rings is 3. The van der Waals surface area contributed by atoms with Gasteiger partial charge in [0.15, 0.2) is 9.84 Å². The fourth-order valence-corrected chi connectivity index (χ4v) is 7.58. The van der Waals surface area contributed by atoms with Crippen molar-refractivity contribution in [2.24, 2.45) is 0 Å². The highest BCUT2D eigenvalue weighted by molar-refractivity contribution is 9.11. The maximum absolute atomic E-state index is 13.2. The third-order valence-corrected chi connectivity index (χ3v) is 9.42. The van der Waals surface area contributed by atoms with E-state index in [9.17, 15) is 13.2 Å². The van der Waals surface area contributed by atoms with Crippen molar-refractivity contribution in [3.05, 3.63) is 85.6 Å². The third kappa shape index (κ3) is 5.10. The topological polar surface area (TPSA) is 118 Å². The molecule has 3 aromatic carbocycles. The van der Waals surface area contributed by atoms with Crippen LogP contribution >= 0.6 is 43.6 Å². The first kappa shape index (κ1) is 23.9. The lowest BCUT2D eigenvalue weighted by molar-refractivity contribution is -0.112. The number of aromatic nitrogens is 4. The van der Waals surface area contributed by atoms with Gasteiger partial charge in [-0.05, 0) is 52.7 Å². The largest absolute Gasteiger partial charge is 0.320 e. The molecule has 0 saturated carbocycles. The molecule has 1 aliphatic rings. The zero-order chi connectivity index (χ0) is 24.6. The number of fused-ring (bicyclic) bond motifs is 1. The number of carbonyl (C=O) groups is 1.